The van der Waals surface area contributed by atoms with E-state index in [9.17, 15) is 14.3 Å². The highest BCUT2D eigenvalue weighted by Crippen LogP contribution is 2.25. The minimum Gasteiger partial charge on any atom is -0.469 e. The molecule has 4 heteroatoms. The van der Waals surface area contributed by atoms with Crippen molar-refractivity contribution in [3.05, 3.63) is 35.1 Å². The first-order valence-electron chi connectivity index (χ1n) is 4.99. The Labute approximate surface area is 93.9 Å². The van der Waals surface area contributed by atoms with Crippen molar-refractivity contribution in [2.75, 3.05) is 7.11 Å². The topological polar surface area (TPSA) is 46.5 Å². The Balaban J connectivity index is 2.96. The molecule has 0 heterocycles. The number of aliphatic hydroxyl groups excluding tert-OH is 1. The van der Waals surface area contributed by atoms with Gasteiger partial charge in [-0.25, -0.2) is 4.39 Å². The van der Waals surface area contributed by atoms with Crippen LogP contribution in [0.1, 0.15) is 24.2 Å². The molecule has 0 aliphatic carbocycles. The Morgan fingerprint density at radius 3 is 2.62 bits per heavy atom. The molecule has 0 fully saturated rings. The average molecular weight is 226 g/mol. The maximum atomic E-state index is 12.9. The maximum Gasteiger partial charge on any atom is 0.311 e. The van der Waals surface area contributed by atoms with Gasteiger partial charge in [-0.2, -0.15) is 0 Å². The van der Waals surface area contributed by atoms with Gasteiger partial charge in [0.05, 0.1) is 19.1 Å². The minimum atomic E-state index is -0.979. The Morgan fingerprint density at radius 1 is 1.50 bits per heavy atom. The molecule has 0 bridgehead atoms. The lowest BCUT2D eigenvalue weighted by atomic mass is 9.94. The van der Waals surface area contributed by atoms with E-state index >= 15 is 0 Å². The SMILES string of the molecule is COC(=O)C(C)C(O)c1ccc(F)cc1C. The third-order valence-electron chi connectivity index (χ3n) is 2.60. The zero-order chi connectivity index (χ0) is 12.3. The van der Waals surface area contributed by atoms with Gasteiger partial charge in [-0.15, -0.1) is 0 Å². The number of carbonyl (C=O) groups excluding carboxylic acids is 1. The van der Waals surface area contributed by atoms with Gasteiger partial charge in [-0.3, -0.25) is 4.79 Å². The van der Waals surface area contributed by atoms with Crippen LogP contribution in [0.25, 0.3) is 0 Å². The van der Waals surface area contributed by atoms with E-state index in [1.165, 1.54) is 25.3 Å². The van der Waals surface area contributed by atoms with Gasteiger partial charge in [-0.05, 0) is 37.1 Å². The summed E-state index contributed by atoms with van der Waals surface area (Å²) < 4.78 is 17.4. The predicted octanol–water partition coefficient (Wildman–Crippen LogP) is 1.98. The van der Waals surface area contributed by atoms with Crippen molar-refractivity contribution in [3.63, 3.8) is 0 Å². The van der Waals surface area contributed by atoms with Gasteiger partial charge in [0, 0.05) is 0 Å². The number of carbonyl (C=O) groups is 1. The molecule has 1 aromatic rings. The van der Waals surface area contributed by atoms with E-state index in [0.717, 1.165) is 0 Å². The summed E-state index contributed by atoms with van der Waals surface area (Å²) in [6.45, 7) is 3.25. The Bertz CT molecular complexity index is 390. The van der Waals surface area contributed by atoms with Gasteiger partial charge in [0.25, 0.3) is 0 Å². The molecule has 0 radical (unpaired) electrons. The molecule has 2 unspecified atom stereocenters. The molecule has 0 saturated carbocycles. The fourth-order valence-electron chi connectivity index (χ4n) is 1.56. The van der Waals surface area contributed by atoms with E-state index in [4.69, 9.17) is 0 Å². The standard InChI is InChI=1S/C12H15FO3/c1-7-6-9(13)4-5-10(7)11(14)8(2)12(15)16-3/h4-6,8,11,14H,1-3H3. The summed E-state index contributed by atoms with van der Waals surface area (Å²) in [6.07, 6.45) is -0.979. The average Bonchev–Trinajstić information content (AvgIpc) is 2.26. The van der Waals surface area contributed by atoms with Crippen LogP contribution in [-0.4, -0.2) is 18.2 Å². The molecule has 0 saturated heterocycles. The highest BCUT2D eigenvalue weighted by atomic mass is 19.1. The quantitative estimate of drug-likeness (QED) is 0.801. The number of ether oxygens (including phenoxy) is 1. The maximum absolute atomic E-state index is 12.9. The van der Waals surface area contributed by atoms with Gasteiger partial charge in [-0.1, -0.05) is 6.07 Å². The van der Waals surface area contributed by atoms with Crippen molar-refractivity contribution in [2.24, 2.45) is 5.92 Å². The number of hydrogen-bond donors (Lipinski definition) is 1. The molecule has 0 aromatic heterocycles. The van der Waals surface area contributed by atoms with Crippen LogP contribution < -0.4 is 0 Å². The minimum absolute atomic E-state index is 0.362. The van der Waals surface area contributed by atoms with Crippen LogP contribution >= 0.6 is 0 Å². The van der Waals surface area contributed by atoms with E-state index in [1.54, 1.807) is 13.8 Å². The molecule has 2 atom stereocenters. The highest BCUT2D eigenvalue weighted by molar-refractivity contribution is 5.72. The summed E-state index contributed by atoms with van der Waals surface area (Å²) in [5.41, 5.74) is 1.16. The molecular formula is C12H15FO3. The van der Waals surface area contributed by atoms with Gasteiger partial charge >= 0.3 is 5.97 Å². The lowest BCUT2D eigenvalue weighted by Gasteiger charge is -2.18. The summed E-state index contributed by atoms with van der Waals surface area (Å²) >= 11 is 0. The number of aliphatic hydroxyl groups is 1. The summed E-state index contributed by atoms with van der Waals surface area (Å²) in [4.78, 5) is 11.2. The van der Waals surface area contributed by atoms with Crippen molar-refractivity contribution in [3.8, 4) is 0 Å². The van der Waals surface area contributed by atoms with E-state index in [2.05, 4.69) is 4.74 Å². The molecule has 0 aliphatic rings. The Morgan fingerprint density at radius 2 is 2.12 bits per heavy atom. The summed E-state index contributed by atoms with van der Waals surface area (Å²) in [6, 6.07) is 4.06. The monoisotopic (exact) mass is 226 g/mol. The normalized spacial score (nSPS) is 14.3. The molecule has 0 amide bonds. The summed E-state index contributed by atoms with van der Waals surface area (Å²) in [5.74, 6) is -1.52. The van der Waals surface area contributed by atoms with Crippen LogP contribution in [-0.2, 0) is 9.53 Å². The number of aryl methyl sites for hydroxylation is 1. The second-order valence-corrected chi connectivity index (χ2v) is 3.76. The number of benzene rings is 1. The van der Waals surface area contributed by atoms with Gasteiger partial charge < -0.3 is 9.84 Å². The van der Waals surface area contributed by atoms with Crippen molar-refractivity contribution in [1.82, 2.24) is 0 Å². The molecule has 1 rings (SSSR count). The fourth-order valence-corrected chi connectivity index (χ4v) is 1.56. The molecule has 3 nitrogen and oxygen atoms in total. The molecule has 0 spiro atoms. The van der Waals surface area contributed by atoms with Crippen LogP contribution in [0, 0.1) is 18.7 Å². The molecule has 1 N–H and O–H groups in total. The lowest BCUT2D eigenvalue weighted by molar-refractivity contribution is -0.148. The van der Waals surface area contributed by atoms with E-state index in [0.29, 0.717) is 11.1 Å². The fraction of sp³-hybridized carbons (Fsp3) is 0.417. The molecule has 0 aliphatic heterocycles. The molecule has 16 heavy (non-hydrogen) atoms. The Kier molecular flexibility index (Phi) is 4.01. The number of esters is 1. The van der Waals surface area contributed by atoms with Crippen LogP contribution in [0.3, 0.4) is 0 Å². The number of methoxy groups -OCH3 is 1. The third-order valence-corrected chi connectivity index (χ3v) is 2.60. The summed E-state index contributed by atoms with van der Waals surface area (Å²) in [5, 5.41) is 9.94. The largest absolute Gasteiger partial charge is 0.469 e. The molecule has 1 aromatic carbocycles. The molecular weight excluding hydrogens is 211 g/mol. The van der Waals surface area contributed by atoms with Gasteiger partial charge in [0.2, 0.25) is 0 Å². The van der Waals surface area contributed by atoms with Crippen molar-refractivity contribution >= 4 is 5.97 Å². The van der Waals surface area contributed by atoms with Crippen molar-refractivity contribution in [1.29, 1.82) is 0 Å². The number of rotatable bonds is 3. The number of halogens is 1. The number of hydrogen-bond acceptors (Lipinski definition) is 3. The van der Waals surface area contributed by atoms with Crippen LogP contribution in [0.4, 0.5) is 4.39 Å². The highest BCUT2D eigenvalue weighted by Gasteiger charge is 2.25. The zero-order valence-electron chi connectivity index (χ0n) is 9.53. The van der Waals surface area contributed by atoms with Crippen LogP contribution in [0.15, 0.2) is 18.2 Å². The predicted molar refractivity (Wildman–Crippen MR) is 57.3 cm³/mol. The second kappa shape index (κ2) is 5.07. The van der Waals surface area contributed by atoms with E-state index in [1.807, 2.05) is 0 Å². The first kappa shape index (κ1) is 12.6. The van der Waals surface area contributed by atoms with Gasteiger partial charge in [0.15, 0.2) is 0 Å². The smallest absolute Gasteiger partial charge is 0.311 e. The van der Waals surface area contributed by atoms with Crippen molar-refractivity contribution in [2.45, 2.75) is 20.0 Å². The van der Waals surface area contributed by atoms with Crippen LogP contribution in [0.5, 0.6) is 0 Å². The van der Waals surface area contributed by atoms with Gasteiger partial charge in [0.1, 0.15) is 5.82 Å². The first-order chi connectivity index (χ1) is 7.47. The van der Waals surface area contributed by atoms with Crippen molar-refractivity contribution < 1.29 is 19.0 Å². The zero-order valence-corrected chi connectivity index (χ0v) is 9.53. The lowest BCUT2D eigenvalue weighted by Crippen LogP contribution is -2.21. The second-order valence-electron chi connectivity index (χ2n) is 3.76. The van der Waals surface area contributed by atoms with E-state index in [-0.39, 0.29) is 5.82 Å². The summed E-state index contributed by atoms with van der Waals surface area (Å²) in [7, 11) is 1.27. The first-order valence-corrected chi connectivity index (χ1v) is 4.99. The van der Waals surface area contributed by atoms with E-state index < -0.39 is 18.0 Å². The van der Waals surface area contributed by atoms with Crippen LogP contribution in [0.2, 0.25) is 0 Å². The third kappa shape index (κ3) is 2.58. The molecule has 88 valence electrons. The Hall–Kier alpha value is -1.42.